The molecule has 0 saturated heterocycles. The van der Waals surface area contributed by atoms with Crippen LogP contribution in [0.5, 0.6) is 0 Å². The highest BCUT2D eigenvalue weighted by molar-refractivity contribution is 6.00. The summed E-state index contributed by atoms with van der Waals surface area (Å²) >= 11 is 0. The molecular weight excluding hydrogens is 364 g/mol. The van der Waals surface area contributed by atoms with E-state index >= 15 is 0 Å². The molecule has 4 rings (SSSR count). The lowest BCUT2D eigenvalue weighted by atomic mass is 9.79. The van der Waals surface area contributed by atoms with Crippen LogP contribution in [0.25, 0.3) is 0 Å². The summed E-state index contributed by atoms with van der Waals surface area (Å²) in [6, 6.07) is 24.4. The minimum absolute atomic E-state index is 0.0945. The molecule has 2 atom stereocenters. The van der Waals surface area contributed by atoms with Crippen molar-refractivity contribution >= 4 is 5.84 Å². The van der Waals surface area contributed by atoms with Gasteiger partial charge in [-0.15, -0.1) is 0 Å². The summed E-state index contributed by atoms with van der Waals surface area (Å²) in [7, 11) is 2.86. The molecule has 0 unspecified atom stereocenters. The zero-order valence-corrected chi connectivity index (χ0v) is 16.4. The molecule has 29 heavy (non-hydrogen) atoms. The van der Waals surface area contributed by atoms with Gasteiger partial charge in [-0.2, -0.15) is 10.5 Å². The van der Waals surface area contributed by atoms with Crippen LogP contribution in [-0.2, 0) is 22.3 Å². The van der Waals surface area contributed by atoms with Crippen molar-refractivity contribution in [1.82, 2.24) is 0 Å². The van der Waals surface area contributed by atoms with Crippen molar-refractivity contribution in [2.45, 2.75) is 18.8 Å². The summed E-state index contributed by atoms with van der Waals surface area (Å²) in [5.41, 5.74) is 4.83. The van der Waals surface area contributed by atoms with Crippen LogP contribution >= 0.6 is 0 Å². The number of rotatable bonds is 6. The lowest BCUT2D eigenvalue weighted by Gasteiger charge is -2.33. The predicted octanol–water partition coefficient (Wildman–Crippen LogP) is 2.81. The van der Waals surface area contributed by atoms with Crippen molar-refractivity contribution in [3.05, 3.63) is 71.8 Å². The third-order valence-electron chi connectivity index (χ3n) is 6.65. The maximum absolute atomic E-state index is 10.5. The van der Waals surface area contributed by atoms with Gasteiger partial charge in [0.2, 0.25) is 0 Å². The minimum atomic E-state index is -1.63. The highest BCUT2D eigenvalue weighted by Gasteiger charge is 3.00. The third kappa shape index (κ3) is 2.03. The summed E-state index contributed by atoms with van der Waals surface area (Å²) in [5, 5.41) is 20.9. The van der Waals surface area contributed by atoms with Gasteiger partial charge >= 0.3 is 0 Å². The average molecular weight is 386 g/mol. The summed E-state index contributed by atoms with van der Waals surface area (Å²) in [6.45, 7) is 0. The minimum Gasteiger partial charge on any atom is -0.386 e. The number of nitrogens with zero attached hydrogens (tertiary/aromatic N) is 3. The van der Waals surface area contributed by atoms with E-state index in [9.17, 15) is 10.5 Å². The Morgan fingerprint density at radius 1 is 0.862 bits per heavy atom. The van der Waals surface area contributed by atoms with Crippen LogP contribution < -0.4 is 5.73 Å². The van der Waals surface area contributed by atoms with Gasteiger partial charge < -0.3 is 15.2 Å². The molecule has 1 aliphatic heterocycles. The molecule has 6 heteroatoms. The molecular formula is C23H22N4O2. The highest BCUT2D eigenvalue weighted by atomic mass is 16.7. The van der Waals surface area contributed by atoms with Crippen molar-refractivity contribution in [1.29, 1.82) is 10.5 Å². The lowest BCUT2D eigenvalue weighted by Crippen LogP contribution is -2.45. The second kappa shape index (κ2) is 6.42. The molecule has 2 N–H and O–H groups in total. The molecule has 1 aliphatic carbocycles. The number of nitriles is 2. The number of amidine groups is 1. The van der Waals surface area contributed by atoms with Gasteiger partial charge in [0.1, 0.15) is 11.3 Å². The van der Waals surface area contributed by atoms with Gasteiger partial charge in [0.25, 0.3) is 5.91 Å². The van der Waals surface area contributed by atoms with Gasteiger partial charge in [0.15, 0.2) is 5.41 Å². The van der Waals surface area contributed by atoms with Gasteiger partial charge in [-0.3, -0.25) is 0 Å². The van der Waals surface area contributed by atoms with E-state index in [2.05, 4.69) is 17.1 Å². The van der Waals surface area contributed by atoms with Crippen LogP contribution in [0.2, 0.25) is 0 Å². The van der Waals surface area contributed by atoms with Gasteiger partial charge in [-0.1, -0.05) is 60.7 Å². The number of fused-ring (bicyclic) bond motifs is 1. The van der Waals surface area contributed by atoms with Gasteiger partial charge in [0, 0.05) is 19.6 Å². The van der Waals surface area contributed by atoms with Crippen molar-refractivity contribution in [3.63, 3.8) is 0 Å². The largest absolute Gasteiger partial charge is 0.386 e. The Bertz CT molecular complexity index is 993. The number of hydrogen-bond donors (Lipinski definition) is 1. The predicted molar refractivity (Wildman–Crippen MR) is 107 cm³/mol. The van der Waals surface area contributed by atoms with E-state index < -0.39 is 22.2 Å². The molecule has 146 valence electrons. The Hall–Kier alpha value is -3.19. The molecule has 0 radical (unpaired) electrons. The van der Waals surface area contributed by atoms with Crippen LogP contribution in [-0.4, -0.2) is 26.0 Å². The zero-order chi connectivity index (χ0) is 20.8. The summed E-state index contributed by atoms with van der Waals surface area (Å²) in [4.78, 5) is 4.36. The Morgan fingerprint density at radius 2 is 1.34 bits per heavy atom. The fourth-order valence-electron chi connectivity index (χ4n) is 5.47. The summed E-state index contributed by atoms with van der Waals surface area (Å²) in [6.07, 6.45) is 0.934. The van der Waals surface area contributed by atoms with Crippen LogP contribution in [0.15, 0.2) is 65.7 Å². The number of ether oxygens (including phenoxy) is 2. The number of methoxy groups -OCH3 is 2. The molecule has 2 aromatic rings. The molecule has 2 aliphatic rings. The molecule has 0 amide bonds. The third-order valence-corrected chi connectivity index (χ3v) is 6.65. The molecule has 1 heterocycles. The number of nitrogens with two attached hydrogens (primary N) is 1. The maximum Gasteiger partial charge on any atom is 0.292 e. The zero-order valence-electron chi connectivity index (χ0n) is 16.4. The van der Waals surface area contributed by atoms with Crippen molar-refractivity contribution in [2.75, 3.05) is 14.2 Å². The fraction of sp³-hybridized carbons (Fsp3) is 0.348. The van der Waals surface area contributed by atoms with E-state index in [1.165, 1.54) is 14.2 Å². The van der Waals surface area contributed by atoms with Gasteiger partial charge in [-0.05, 0) is 24.0 Å². The first-order valence-electron chi connectivity index (χ1n) is 9.39. The average Bonchev–Trinajstić information content (AvgIpc) is 3.17. The van der Waals surface area contributed by atoms with Crippen LogP contribution in [0.4, 0.5) is 0 Å². The molecule has 6 nitrogen and oxygen atoms in total. The Labute approximate surface area is 170 Å². The molecule has 0 aromatic heterocycles. The number of benzene rings is 2. The normalized spacial score (nSPS) is 27.9. The molecule has 1 saturated carbocycles. The van der Waals surface area contributed by atoms with Crippen LogP contribution in [0, 0.1) is 38.9 Å². The molecule has 0 spiro atoms. The topological polar surface area (TPSA) is 104 Å². The first-order chi connectivity index (χ1) is 14.0. The Kier molecular flexibility index (Phi) is 4.24. The lowest BCUT2D eigenvalue weighted by molar-refractivity contribution is -0.237. The molecule has 0 bridgehead atoms. The van der Waals surface area contributed by atoms with Gasteiger partial charge in [-0.25, -0.2) is 4.99 Å². The molecule has 1 fully saturated rings. The first-order valence-corrected chi connectivity index (χ1v) is 9.39. The number of aliphatic imine (C=N–C) groups is 1. The van der Waals surface area contributed by atoms with Crippen molar-refractivity contribution < 1.29 is 9.47 Å². The smallest absolute Gasteiger partial charge is 0.292 e. The highest BCUT2D eigenvalue weighted by Crippen LogP contribution is 2.86. The SMILES string of the molecule is COC1(OC)N=C(N)[C@@]2(C#N)C(Cc3ccccc3)(Cc3ccccc3)[C@@]12C#N. The van der Waals surface area contributed by atoms with E-state index in [0.717, 1.165) is 11.1 Å². The van der Waals surface area contributed by atoms with E-state index in [0.29, 0.717) is 12.8 Å². The van der Waals surface area contributed by atoms with E-state index in [1.807, 2.05) is 60.7 Å². The van der Waals surface area contributed by atoms with Crippen molar-refractivity contribution in [2.24, 2.45) is 27.0 Å². The fourth-order valence-corrected chi connectivity index (χ4v) is 5.47. The van der Waals surface area contributed by atoms with E-state index in [-0.39, 0.29) is 5.84 Å². The quantitative estimate of drug-likeness (QED) is 0.769. The number of hydrogen-bond acceptors (Lipinski definition) is 6. The second-order valence-corrected chi connectivity index (χ2v) is 7.62. The van der Waals surface area contributed by atoms with Gasteiger partial charge in [0.05, 0.1) is 12.1 Å². The van der Waals surface area contributed by atoms with Crippen molar-refractivity contribution in [3.8, 4) is 12.1 Å². The monoisotopic (exact) mass is 386 g/mol. The van der Waals surface area contributed by atoms with Crippen LogP contribution in [0.1, 0.15) is 11.1 Å². The standard InChI is InChI=1S/C23H22N4O2/c1-28-23(29-2)22(16-25)20(13-17-9-5-3-6-10-17,14-18-11-7-4-8-12-18)21(22,15-24)19(26)27-23/h3-12H,13-14H2,1-2H3,(H2,26,27)/t21-,22+/m0/s1. The van der Waals surface area contributed by atoms with Crippen LogP contribution in [0.3, 0.4) is 0 Å². The summed E-state index contributed by atoms with van der Waals surface area (Å²) in [5.74, 6) is -1.54. The Morgan fingerprint density at radius 3 is 1.72 bits per heavy atom. The Balaban J connectivity index is 1.97. The van der Waals surface area contributed by atoms with E-state index in [1.54, 1.807) is 0 Å². The maximum atomic E-state index is 10.5. The molecule has 2 aromatic carbocycles. The summed E-state index contributed by atoms with van der Waals surface area (Å²) < 4.78 is 11.3. The first kappa shape index (κ1) is 19.1. The second-order valence-electron chi connectivity index (χ2n) is 7.62. The van der Waals surface area contributed by atoms with E-state index in [4.69, 9.17) is 15.2 Å².